The van der Waals surface area contributed by atoms with Gasteiger partial charge in [0.2, 0.25) is 0 Å². The van der Waals surface area contributed by atoms with Gasteiger partial charge >= 0.3 is 35.3 Å². The number of thiol groups is 1. The molecule has 0 aliphatic heterocycles. The van der Waals surface area contributed by atoms with Crippen LogP contribution in [-0.4, -0.2) is 22.9 Å². The first kappa shape index (κ1) is 20.5. The van der Waals surface area contributed by atoms with Crippen molar-refractivity contribution >= 4 is 36.6 Å². The second-order valence-electron chi connectivity index (χ2n) is 4.53. The van der Waals surface area contributed by atoms with E-state index in [1.807, 2.05) is 60.7 Å². The minimum absolute atomic E-state index is 0.115. The Bertz CT molecular complexity index is 535. The summed E-state index contributed by atoms with van der Waals surface area (Å²) in [6.07, 6.45) is 0. The van der Waals surface area contributed by atoms with E-state index in [1.165, 1.54) is 0 Å². The monoisotopic (exact) mass is 552 g/mol. The third-order valence-electron chi connectivity index (χ3n) is 3.00. The molecule has 0 heterocycles. The molecule has 0 aliphatic carbocycles. The van der Waals surface area contributed by atoms with E-state index in [9.17, 15) is 4.79 Å². The van der Waals surface area contributed by atoms with Crippen molar-refractivity contribution in [2.45, 2.75) is 11.3 Å². The number of halogens is 2. The summed E-state index contributed by atoms with van der Waals surface area (Å²) >= 11 is 0.467. The molecule has 2 N–H and O–H groups in total. The molecule has 0 amide bonds. The van der Waals surface area contributed by atoms with Gasteiger partial charge in [-0.2, -0.15) is 0 Å². The molecule has 0 saturated carbocycles. The topological polar surface area (TPSA) is 61.1 Å². The summed E-state index contributed by atoms with van der Waals surface area (Å²) in [6.45, 7) is 0. The Morgan fingerprint density at radius 1 is 1.04 bits per heavy atom. The van der Waals surface area contributed by atoms with Gasteiger partial charge in [-0.3, -0.25) is 4.79 Å². The molecule has 7 heteroatoms. The van der Waals surface area contributed by atoms with Crippen LogP contribution in [0.15, 0.2) is 60.7 Å². The predicted octanol–water partition coefficient (Wildman–Crippen LogP) is 4.47. The van der Waals surface area contributed by atoms with Gasteiger partial charge in [0, 0.05) is 17.2 Å². The molecule has 2 aromatic carbocycles. The number of aliphatic carboxylic acids is 1. The van der Waals surface area contributed by atoms with Gasteiger partial charge in [0.25, 0.3) is 5.97 Å². The Morgan fingerprint density at radius 2 is 1.43 bits per heavy atom. The zero-order valence-electron chi connectivity index (χ0n) is 12.0. The number of hydrogen-bond donors (Lipinski definition) is 1. The molecule has 0 aromatic heterocycles. The summed E-state index contributed by atoms with van der Waals surface area (Å²) in [4.78, 5) is 10.8. The molecule has 3 nitrogen and oxygen atoms in total. The first-order chi connectivity index (χ1) is 11.1. The maximum atomic E-state index is 10.8. The summed E-state index contributed by atoms with van der Waals surface area (Å²) in [7, 11) is 9.75. The Balaban J connectivity index is 0.000000816. The average molecular weight is 553 g/mol. The molecule has 1 unspecified atom stereocenters. The summed E-state index contributed by atoms with van der Waals surface area (Å²) < 4.78 is 0. The quantitative estimate of drug-likeness (QED) is 0.424. The molecule has 0 bridgehead atoms. The number of carboxylic acids is 1. The van der Waals surface area contributed by atoms with Gasteiger partial charge in [-0.1, -0.05) is 60.7 Å². The molecular formula is C16H17Cl2NO2PtS. The summed E-state index contributed by atoms with van der Waals surface area (Å²) in [5.74, 6) is -0.735. The normalized spacial score (nSPS) is 11.7. The molecule has 2 rings (SSSR count). The molecular weight excluding hydrogens is 536 g/mol. The number of nitrogens with one attached hydrogen (secondary N) is 1. The Kier molecular flexibility index (Phi) is 10.7. The van der Waals surface area contributed by atoms with Gasteiger partial charge in [-0.15, -0.1) is 0 Å². The second-order valence-corrected chi connectivity index (χ2v) is 9.05. The van der Waals surface area contributed by atoms with Crippen LogP contribution in [0.5, 0.6) is 0 Å². The van der Waals surface area contributed by atoms with Crippen LogP contribution in [0.4, 0.5) is 0 Å². The van der Waals surface area contributed by atoms with E-state index < -0.39 is 28.5 Å². The fourth-order valence-electron chi connectivity index (χ4n) is 1.96. The van der Waals surface area contributed by atoms with Crippen LogP contribution in [0.1, 0.15) is 16.4 Å². The van der Waals surface area contributed by atoms with E-state index in [0.717, 1.165) is 22.9 Å². The van der Waals surface area contributed by atoms with Crippen LogP contribution in [0, 0.1) is 0 Å². The van der Waals surface area contributed by atoms with E-state index in [-0.39, 0.29) is 5.25 Å². The standard InChI is InChI=1S/C16H16NO2S.2ClH.Pt/c17-14(16(18)19)11-20-15(12-7-3-1-4-8-12)13-9-5-2-6-10-13;;;/h1-10,14-15,17H,11H2,(H,18,19);2*1H;/q-1;;;+2/p-1. The van der Waals surface area contributed by atoms with Crippen molar-refractivity contribution in [1.29, 1.82) is 0 Å². The van der Waals surface area contributed by atoms with E-state index in [2.05, 4.69) is 0 Å². The molecule has 1 atom stereocenters. The molecule has 23 heavy (non-hydrogen) atoms. The number of hydrogen-bond acceptors (Lipinski definition) is 1. The molecule has 0 fully saturated rings. The average Bonchev–Trinajstić information content (AvgIpc) is 2.57. The van der Waals surface area contributed by atoms with Crippen molar-refractivity contribution in [3.63, 3.8) is 0 Å². The summed E-state index contributed by atoms with van der Waals surface area (Å²) in [5, 5.41) is 8.96. The molecule has 0 aliphatic rings. The van der Waals surface area contributed by atoms with Crippen molar-refractivity contribution in [2.75, 3.05) is 5.75 Å². The van der Waals surface area contributed by atoms with Gasteiger partial charge < -0.3 is 10.8 Å². The molecule has 0 radical (unpaired) electrons. The summed E-state index contributed by atoms with van der Waals surface area (Å²) in [6, 6.07) is 19.0. The first-order valence-corrected chi connectivity index (χ1v) is 13.4. The van der Waals surface area contributed by atoms with Gasteiger partial charge in [-0.25, -0.2) is 0 Å². The maximum Gasteiger partial charge on any atom is 0.290 e. The third-order valence-corrected chi connectivity index (χ3v) is 4.54. The van der Waals surface area contributed by atoms with Crippen molar-refractivity contribution in [2.24, 2.45) is 0 Å². The third kappa shape index (κ3) is 7.73. The van der Waals surface area contributed by atoms with E-state index in [0.29, 0.717) is 5.75 Å². The zero-order chi connectivity index (χ0) is 17.1. The van der Waals surface area contributed by atoms with Gasteiger partial charge in [0.15, 0.2) is 5.25 Å². The number of benzene rings is 2. The summed E-state index contributed by atoms with van der Waals surface area (Å²) in [5.41, 5.74) is 9.84. The van der Waals surface area contributed by atoms with Crippen molar-refractivity contribution < 1.29 is 26.4 Å². The van der Waals surface area contributed by atoms with Crippen LogP contribution >= 0.6 is 18.8 Å². The number of rotatable bonds is 6. The Morgan fingerprint density at radius 3 is 1.78 bits per heavy atom. The maximum absolute atomic E-state index is 10.8. The SMILES string of the molecule is [Cl][Pt][Cl].[NH-]C(C[SH+]C(c1ccccc1)c1ccccc1)C(=O)O. The predicted molar refractivity (Wildman–Crippen MR) is 95.8 cm³/mol. The van der Waals surface area contributed by atoms with E-state index in [4.69, 9.17) is 29.7 Å². The largest absolute Gasteiger partial charge is 0.661 e. The van der Waals surface area contributed by atoms with E-state index in [1.54, 1.807) is 0 Å². The van der Waals surface area contributed by atoms with E-state index >= 15 is 0 Å². The van der Waals surface area contributed by atoms with Gasteiger partial charge in [0.1, 0.15) is 5.75 Å². The second kappa shape index (κ2) is 11.9. The molecule has 128 valence electrons. The van der Waals surface area contributed by atoms with Crippen molar-refractivity contribution in [1.82, 2.24) is 0 Å². The van der Waals surface area contributed by atoms with Crippen LogP contribution < -0.4 is 0 Å². The van der Waals surface area contributed by atoms with Crippen LogP contribution in [0.25, 0.3) is 5.73 Å². The van der Waals surface area contributed by atoms with Gasteiger partial charge in [-0.05, 0) is 11.8 Å². The van der Waals surface area contributed by atoms with Crippen LogP contribution in [0.2, 0.25) is 0 Å². The zero-order valence-corrected chi connectivity index (χ0v) is 16.7. The molecule has 0 spiro atoms. The van der Waals surface area contributed by atoms with Crippen LogP contribution in [0.3, 0.4) is 0 Å². The fraction of sp³-hybridized carbons (Fsp3) is 0.188. The molecule has 2 aromatic rings. The van der Waals surface area contributed by atoms with Gasteiger partial charge in [0.05, 0.1) is 0 Å². The number of carbonyl (C=O) groups is 1. The minimum Gasteiger partial charge on any atom is -0.661 e. The molecule has 0 saturated heterocycles. The Labute approximate surface area is 156 Å². The Hall–Kier alpha value is -0.512. The van der Waals surface area contributed by atoms with Crippen LogP contribution in [-0.2, 0) is 33.0 Å². The van der Waals surface area contributed by atoms with Crippen molar-refractivity contribution in [3.05, 3.63) is 77.5 Å². The smallest absolute Gasteiger partial charge is 0.290 e. The minimum atomic E-state index is -1.06. The fourth-order valence-corrected chi connectivity index (χ4v) is 3.31. The first-order valence-electron chi connectivity index (χ1n) is 6.63. The van der Waals surface area contributed by atoms with Crippen molar-refractivity contribution in [3.8, 4) is 0 Å². The number of carboxylic acid groups (broad SMARTS) is 1.